The van der Waals surface area contributed by atoms with Gasteiger partial charge < -0.3 is 19.5 Å². The van der Waals surface area contributed by atoms with Gasteiger partial charge in [-0.25, -0.2) is 10.9 Å². The fourth-order valence-corrected chi connectivity index (χ4v) is 3.20. The van der Waals surface area contributed by atoms with Gasteiger partial charge in [-0.3, -0.25) is 4.79 Å². The lowest BCUT2D eigenvalue weighted by atomic mass is 10.0. The van der Waals surface area contributed by atoms with E-state index in [0.29, 0.717) is 41.8 Å². The summed E-state index contributed by atoms with van der Waals surface area (Å²) in [4.78, 5) is 12.7. The zero-order chi connectivity index (χ0) is 19.9. The third-order valence-electron chi connectivity index (χ3n) is 4.45. The van der Waals surface area contributed by atoms with Crippen LogP contribution in [0.3, 0.4) is 0 Å². The molecule has 0 bridgehead atoms. The SMILES string of the molecule is COCCOc1cc(NC(=O)C2CC(c3cccc(Cl)c3)NN2)ccc1OC. The predicted octanol–water partition coefficient (Wildman–Crippen LogP) is 2.92. The highest BCUT2D eigenvalue weighted by atomic mass is 35.5. The van der Waals surface area contributed by atoms with Crippen molar-refractivity contribution in [2.75, 3.05) is 32.8 Å². The van der Waals surface area contributed by atoms with Crippen LogP contribution in [0.4, 0.5) is 5.69 Å². The maximum atomic E-state index is 12.7. The number of carbonyl (C=O) groups is 1. The second-order valence-electron chi connectivity index (χ2n) is 6.38. The first kappa shape index (κ1) is 20.4. The van der Waals surface area contributed by atoms with Crippen molar-refractivity contribution in [2.24, 2.45) is 0 Å². The molecule has 2 aromatic carbocycles. The Morgan fingerprint density at radius 3 is 2.75 bits per heavy atom. The molecule has 1 amide bonds. The number of anilines is 1. The molecule has 0 spiro atoms. The van der Waals surface area contributed by atoms with Crippen LogP contribution in [0.15, 0.2) is 42.5 Å². The molecule has 1 heterocycles. The molecule has 2 atom stereocenters. The first-order chi connectivity index (χ1) is 13.6. The van der Waals surface area contributed by atoms with Crippen molar-refractivity contribution in [3.8, 4) is 11.5 Å². The summed E-state index contributed by atoms with van der Waals surface area (Å²) in [5.74, 6) is 1.01. The molecule has 3 N–H and O–H groups in total. The summed E-state index contributed by atoms with van der Waals surface area (Å²) in [7, 11) is 3.18. The monoisotopic (exact) mass is 405 g/mol. The second-order valence-corrected chi connectivity index (χ2v) is 6.82. The first-order valence-corrected chi connectivity index (χ1v) is 9.35. The summed E-state index contributed by atoms with van der Waals surface area (Å²) in [6.45, 7) is 0.849. The minimum atomic E-state index is -0.371. The van der Waals surface area contributed by atoms with Crippen LogP contribution < -0.4 is 25.6 Å². The second kappa shape index (κ2) is 9.75. The normalized spacial score (nSPS) is 18.7. The van der Waals surface area contributed by atoms with Gasteiger partial charge in [0.15, 0.2) is 11.5 Å². The average Bonchev–Trinajstić information content (AvgIpc) is 3.19. The molecular weight excluding hydrogens is 382 g/mol. The van der Waals surface area contributed by atoms with E-state index in [1.54, 1.807) is 32.4 Å². The van der Waals surface area contributed by atoms with Crippen molar-refractivity contribution in [3.63, 3.8) is 0 Å². The molecule has 1 saturated heterocycles. The van der Waals surface area contributed by atoms with E-state index < -0.39 is 0 Å². The summed E-state index contributed by atoms with van der Waals surface area (Å²) in [6, 6.07) is 12.5. The minimum absolute atomic E-state index is 0.0123. The first-order valence-electron chi connectivity index (χ1n) is 8.98. The molecule has 28 heavy (non-hydrogen) atoms. The molecule has 0 aliphatic carbocycles. The lowest BCUT2D eigenvalue weighted by molar-refractivity contribution is -0.117. The molecule has 7 nitrogen and oxygen atoms in total. The van der Waals surface area contributed by atoms with E-state index in [2.05, 4.69) is 16.2 Å². The van der Waals surface area contributed by atoms with Crippen LogP contribution in [0.25, 0.3) is 0 Å². The van der Waals surface area contributed by atoms with Crippen LogP contribution in [-0.4, -0.2) is 39.4 Å². The Morgan fingerprint density at radius 2 is 2.00 bits per heavy atom. The number of amides is 1. The van der Waals surface area contributed by atoms with Gasteiger partial charge in [-0.2, -0.15) is 0 Å². The highest BCUT2D eigenvalue weighted by Crippen LogP contribution is 2.31. The molecule has 0 saturated carbocycles. The number of rotatable bonds is 8. The topological polar surface area (TPSA) is 80.9 Å². The van der Waals surface area contributed by atoms with E-state index in [1.807, 2.05) is 24.3 Å². The summed E-state index contributed by atoms with van der Waals surface area (Å²) < 4.78 is 16.0. The number of halogens is 1. The van der Waals surface area contributed by atoms with E-state index in [4.69, 9.17) is 25.8 Å². The Kier molecular flexibility index (Phi) is 7.11. The van der Waals surface area contributed by atoms with E-state index in [0.717, 1.165) is 5.56 Å². The Bertz CT molecular complexity index is 818. The Balaban J connectivity index is 1.62. The molecule has 1 aliphatic rings. The number of hydrogen-bond donors (Lipinski definition) is 3. The lowest BCUT2D eigenvalue weighted by Crippen LogP contribution is -2.39. The van der Waals surface area contributed by atoms with Gasteiger partial charge in [0.05, 0.1) is 13.7 Å². The van der Waals surface area contributed by atoms with Crippen molar-refractivity contribution < 1.29 is 19.0 Å². The average molecular weight is 406 g/mol. The molecule has 0 radical (unpaired) electrons. The van der Waals surface area contributed by atoms with Gasteiger partial charge >= 0.3 is 0 Å². The fourth-order valence-electron chi connectivity index (χ4n) is 3.00. The smallest absolute Gasteiger partial charge is 0.242 e. The molecule has 3 rings (SSSR count). The number of methoxy groups -OCH3 is 2. The van der Waals surface area contributed by atoms with Gasteiger partial charge in [0.1, 0.15) is 12.6 Å². The van der Waals surface area contributed by atoms with Crippen molar-refractivity contribution >= 4 is 23.2 Å². The summed E-state index contributed by atoms with van der Waals surface area (Å²) in [5, 5.41) is 3.59. The molecular formula is C20H24ClN3O4. The minimum Gasteiger partial charge on any atom is -0.493 e. The molecule has 1 aliphatic heterocycles. The van der Waals surface area contributed by atoms with Crippen LogP contribution >= 0.6 is 11.6 Å². The highest BCUT2D eigenvalue weighted by molar-refractivity contribution is 6.30. The van der Waals surface area contributed by atoms with Crippen molar-refractivity contribution in [3.05, 3.63) is 53.1 Å². The molecule has 150 valence electrons. The number of hydrazine groups is 1. The third kappa shape index (κ3) is 5.14. The Labute approximate surface area is 169 Å². The highest BCUT2D eigenvalue weighted by Gasteiger charge is 2.30. The van der Waals surface area contributed by atoms with Crippen LogP contribution in [0.5, 0.6) is 11.5 Å². The summed E-state index contributed by atoms with van der Waals surface area (Å²) >= 11 is 6.06. The van der Waals surface area contributed by atoms with Crippen molar-refractivity contribution in [1.29, 1.82) is 0 Å². The maximum absolute atomic E-state index is 12.7. The Morgan fingerprint density at radius 1 is 1.14 bits per heavy atom. The van der Waals surface area contributed by atoms with E-state index in [9.17, 15) is 4.79 Å². The molecule has 1 fully saturated rings. The van der Waals surface area contributed by atoms with E-state index in [1.165, 1.54) is 0 Å². The number of benzene rings is 2. The van der Waals surface area contributed by atoms with E-state index in [-0.39, 0.29) is 18.0 Å². The Hall–Kier alpha value is -2.32. The maximum Gasteiger partial charge on any atom is 0.242 e. The number of nitrogens with one attached hydrogen (secondary N) is 3. The lowest BCUT2D eigenvalue weighted by Gasteiger charge is -2.14. The summed E-state index contributed by atoms with van der Waals surface area (Å²) in [5.41, 5.74) is 7.87. The van der Waals surface area contributed by atoms with Crippen LogP contribution in [0.1, 0.15) is 18.0 Å². The standard InChI is InChI=1S/C20H24ClN3O4/c1-26-8-9-28-19-11-15(6-7-18(19)27-2)22-20(25)17-12-16(23-24-17)13-4-3-5-14(21)10-13/h3-7,10-11,16-17,23-24H,8-9,12H2,1-2H3,(H,22,25). The predicted molar refractivity (Wildman–Crippen MR) is 108 cm³/mol. The van der Waals surface area contributed by atoms with Crippen LogP contribution in [0.2, 0.25) is 5.02 Å². The van der Waals surface area contributed by atoms with Gasteiger partial charge in [0, 0.05) is 29.9 Å². The summed E-state index contributed by atoms with van der Waals surface area (Å²) in [6.07, 6.45) is 0.611. The largest absolute Gasteiger partial charge is 0.493 e. The number of hydrogen-bond acceptors (Lipinski definition) is 6. The number of ether oxygens (including phenoxy) is 3. The van der Waals surface area contributed by atoms with Gasteiger partial charge in [0.25, 0.3) is 0 Å². The van der Waals surface area contributed by atoms with Gasteiger partial charge in [-0.15, -0.1) is 0 Å². The fraction of sp³-hybridized carbons (Fsp3) is 0.350. The van der Waals surface area contributed by atoms with E-state index >= 15 is 0 Å². The van der Waals surface area contributed by atoms with Crippen LogP contribution in [-0.2, 0) is 9.53 Å². The molecule has 2 aromatic rings. The zero-order valence-electron chi connectivity index (χ0n) is 15.8. The molecule has 2 unspecified atom stereocenters. The van der Waals surface area contributed by atoms with Crippen molar-refractivity contribution in [1.82, 2.24) is 10.9 Å². The zero-order valence-corrected chi connectivity index (χ0v) is 16.6. The number of carbonyl (C=O) groups excluding carboxylic acids is 1. The van der Waals surface area contributed by atoms with Crippen LogP contribution in [0, 0.1) is 0 Å². The quantitative estimate of drug-likeness (QED) is 0.586. The van der Waals surface area contributed by atoms with Gasteiger partial charge in [0.2, 0.25) is 5.91 Å². The molecule has 8 heteroatoms. The van der Waals surface area contributed by atoms with Crippen molar-refractivity contribution in [2.45, 2.75) is 18.5 Å². The van der Waals surface area contributed by atoms with Gasteiger partial charge in [-0.1, -0.05) is 23.7 Å². The van der Waals surface area contributed by atoms with Gasteiger partial charge in [-0.05, 0) is 36.2 Å². The molecule has 0 aromatic heterocycles. The third-order valence-corrected chi connectivity index (χ3v) is 4.68.